The number of hydrogen-bond donors (Lipinski definition) is 4. The molecule has 0 radical (unpaired) electrons. The fourth-order valence-electron chi connectivity index (χ4n) is 8.19. The van der Waals surface area contributed by atoms with Crippen LogP contribution in [0, 0.1) is 11.8 Å². The highest BCUT2D eigenvalue weighted by Crippen LogP contribution is 2.43. The van der Waals surface area contributed by atoms with E-state index in [9.17, 15) is 39.2 Å². The zero-order valence-corrected chi connectivity index (χ0v) is 42.0. The second-order valence-electron chi connectivity index (χ2n) is 19.5. The number of esters is 2. The predicted molar refractivity (Wildman–Crippen MR) is 254 cm³/mol. The summed E-state index contributed by atoms with van der Waals surface area (Å²) in [6.07, 6.45) is 28.8. The molecule has 0 aromatic heterocycles. The first-order valence-electron chi connectivity index (χ1n) is 25.6. The highest BCUT2D eigenvalue weighted by Gasteiger charge is 2.41. The number of ether oxygens (including phenoxy) is 2. The molecule has 4 N–H and O–H groups in total. The Kier molecular flexibility index (Phi) is 35.2. The number of Topliss-reactive ketones (excluding diaryl/α,β-unsaturated/α-hetero) is 1. The van der Waals surface area contributed by atoms with Gasteiger partial charge in [0.2, 0.25) is 0 Å². The van der Waals surface area contributed by atoms with Crippen LogP contribution in [0.3, 0.4) is 0 Å². The van der Waals surface area contributed by atoms with Crippen LogP contribution in [0.4, 0.5) is 0 Å². The maximum absolute atomic E-state index is 12.9. The second-order valence-corrected chi connectivity index (χ2v) is 21.0. The van der Waals surface area contributed by atoms with E-state index in [1.165, 1.54) is 96.3 Å². The average molecular weight is 933 g/mol. The van der Waals surface area contributed by atoms with Gasteiger partial charge < -0.3 is 34.2 Å². The molecule has 0 heterocycles. The van der Waals surface area contributed by atoms with Crippen LogP contribution in [0.2, 0.25) is 0 Å². The number of carbonyl (C=O) groups is 3. The lowest BCUT2D eigenvalue weighted by atomic mass is 9.87. The molecule has 14 heteroatoms. The molecule has 1 unspecified atom stereocenters. The molecular weight excluding hydrogens is 838 g/mol. The largest absolute Gasteiger partial charge is 0.472 e. The van der Waals surface area contributed by atoms with E-state index in [1.54, 1.807) is 12.2 Å². The number of quaternary nitrogens is 1. The third-order valence-electron chi connectivity index (χ3n) is 12.3. The van der Waals surface area contributed by atoms with Crippen LogP contribution in [0.25, 0.3) is 0 Å². The van der Waals surface area contributed by atoms with E-state index in [1.807, 2.05) is 21.1 Å². The monoisotopic (exact) mass is 933 g/mol. The normalized spacial score (nSPS) is 19.8. The molecule has 376 valence electrons. The standard InChI is InChI=1S/C50H94NO12P/c1-6-8-10-11-12-13-14-15-16-17-18-19-20-21-22-23-24-25-27-32-49(56)60-40-44(41-62-64(58,59)61-37-36-51(3,4)5)63-50(57)33-29-28-31-43(53)38-46-45(47(54)39-48(46)55)35-34-42(52)30-26-9-7-2/h34-35,42,44-48,52,54-55H,6-33,36-41H2,1-5H3/p+1/b35-34+/t42-,44+,45+,46+,47+,48-/m0/s1. The molecule has 0 spiro atoms. The molecule has 13 nitrogen and oxygen atoms in total. The summed E-state index contributed by atoms with van der Waals surface area (Å²) in [5, 5.41) is 31.4. The Hall–Kier alpha value is -1.70. The number of nitrogens with zero attached hydrogens (tertiary/aromatic N) is 1. The van der Waals surface area contributed by atoms with Crippen LogP contribution in [-0.2, 0) is 37.5 Å². The highest BCUT2D eigenvalue weighted by molar-refractivity contribution is 7.47. The maximum Gasteiger partial charge on any atom is 0.472 e. The van der Waals surface area contributed by atoms with Gasteiger partial charge in [-0.25, -0.2) is 4.57 Å². The molecule has 0 aromatic carbocycles. The number of likely N-dealkylation sites (N-methyl/N-ethyl adjacent to an activating group) is 1. The Labute approximate surface area is 389 Å². The molecule has 1 aliphatic carbocycles. The van der Waals surface area contributed by atoms with E-state index in [2.05, 4.69) is 13.8 Å². The Balaban J connectivity index is 2.43. The SMILES string of the molecule is CCCCCCCCCCCCCCCCCCCCCC(=O)OC[C@H](COP(=O)(O)OCC[N+](C)(C)C)OC(=O)CCCCC(=O)C[C@@H]1[C@@H](/C=C/[C@@H](O)CCCCC)[C@H](O)C[C@@H]1O. The Morgan fingerprint density at radius 1 is 0.656 bits per heavy atom. The third-order valence-corrected chi connectivity index (χ3v) is 13.3. The second kappa shape index (κ2) is 37.3. The quantitative estimate of drug-likeness (QED) is 0.0149. The molecule has 0 saturated heterocycles. The number of phosphoric ester groups is 1. The minimum absolute atomic E-state index is 0.0330. The van der Waals surface area contributed by atoms with Crippen LogP contribution < -0.4 is 0 Å². The summed E-state index contributed by atoms with van der Waals surface area (Å²) in [4.78, 5) is 48.6. The minimum atomic E-state index is -4.48. The molecule has 0 aromatic rings. The van der Waals surface area contributed by atoms with E-state index in [0.29, 0.717) is 36.7 Å². The van der Waals surface area contributed by atoms with Crippen LogP contribution in [0.5, 0.6) is 0 Å². The summed E-state index contributed by atoms with van der Waals surface area (Å²) in [7, 11) is 1.26. The first-order chi connectivity index (χ1) is 30.6. The van der Waals surface area contributed by atoms with Gasteiger partial charge in [0.15, 0.2) is 6.10 Å². The maximum atomic E-state index is 12.9. The first-order valence-corrected chi connectivity index (χ1v) is 27.1. The summed E-state index contributed by atoms with van der Waals surface area (Å²) in [6, 6.07) is 0. The molecule has 1 aliphatic rings. The number of aliphatic hydroxyl groups is 3. The molecular formula is C50H95NO12P+. The number of ketones is 1. The van der Waals surface area contributed by atoms with E-state index in [-0.39, 0.29) is 51.1 Å². The van der Waals surface area contributed by atoms with Crippen LogP contribution in [-0.4, -0.2) is 114 Å². The van der Waals surface area contributed by atoms with Crippen LogP contribution in [0.15, 0.2) is 12.2 Å². The molecule has 1 fully saturated rings. The smallest absolute Gasteiger partial charge is 0.462 e. The molecule has 64 heavy (non-hydrogen) atoms. The van der Waals surface area contributed by atoms with Crippen molar-refractivity contribution in [3.63, 3.8) is 0 Å². The Morgan fingerprint density at radius 3 is 1.69 bits per heavy atom. The van der Waals surface area contributed by atoms with Crippen LogP contribution >= 0.6 is 7.82 Å². The third kappa shape index (κ3) is 33.7. The van der Waals surface area contributed by atoms with Crippen molar-refractivity contribution in [2.45, 2.75) is 231 Å². The highest BCUT2D eigenvalue weighted by atomic mass is 31.2. The molecule has 0 aliphatic heterocycles. The van der Waals surface area contributed by atoms with Crippen molar-refractivity contribution < 1.29 is 62.2 Å². The van der Waals surface area contributed by atoms with Gasteiger partial charge >= 0.3 is 19.8 Å². The topological polar surface area (TPSA) is 186 Å². The van der Waals surface area contributed by atoms with Gasteiger partial charge in [0.05, 0.1) is 46.1 Å². The predicted octanol–water partition coefficient (Wildman–Crippen LogP) is 10.5. The Bertz CT molecular complexity index is 1280. The van der Waals surface area contributed by atoms with Gasteiger partial charge in [0, 0.05) is 43.9 Å². The Morgan fingerprint density at radius 2 is 1.14 bits per heavy atom. The van der Waals surface area contributed by atoms with Gasteiger partial charge in [-0.05, 0) is 25.7 Å². The summed E-state index contributed by atoms with van der Waals surface area (Å²) >= 11 is 0. The lowest BCUT2D eigenvalue weighted by Crippen LogP contribution is -2.37. The van der Waals surface area contributed by atoms with Gasteiger partial charge in [-0.1, -0.05) is 161 Å². The van der Waals surface area contributed by atoms with Crippen molar-refractivity contribution in [1.29, 1.82) is 0 Å². The number of hydrogen-bond acceptors (Lipinski definition) is 11. The number of carbonyl (C=O) groups excluding carboxylic acids is 3. The molecule has 7 atom stereocenters. The van der Waals surface area contributed by atoms with E-state index < -0.39 is 62.6 Å². The summed E-state index contributed by atoms with van der Waals surface area (Å²) in [5.74, 6) is -2.07. The zero-order chi connectivity index (χ0) is 47.5. The van der Waals surface area contributed by atoms with E-state index in [0.717, 1.165) is 38.5 Å². The minimum Gasteiger partial charge on any atom is -0.462 e. The summed E-state index contributed by atoms with van der Waals surface area (Å²) in [6.45, 7) is 3.91. The van der Waals surface area contributed by atoms with Gasteiger partial charge in [-0.15, -0.1) is 0 Å². The number of unbranched alkanes of at least 4 members (excludes halogenated alkanes) is 21. The van der Waals surface area contributed by atoms with E-state index in [4.69, 9.17) is 18.5 Å². The first kappa shape index (κ1) is 60.3. The molecule has 0 amide bonds. The molecule has 1 saturated carbocycles. The van der Waals surface area contributed by atoms with Crippen molar-refractivity contribution in [1.82, 2.24) is 0 Å². The molecule has 1 rings (SSSR count). The lowest BCUT2D eigenvalue weighted by Gasteiger charge is -2.24. The van der Waals surface area contributed by atoms with Gasteiger partial charge in [0.1, 0.15) is 25.5 Å². The summed E-state index contributed by atoms with van der Waals surface area (Å²) < 4.78 is 34.3. The van der Waals surface area contributed by atoms with Gasteiger partial charge in [-0.2, -0.15) is 0 Å². The van der Waals surface area contributed by atoms with Crippen molar-refractivity contribution in [2.75, 3.05) is 47.5 Å². The number of rotatable bonds is 43. The fraction of sp³-hybridized carbons (Fsp3) is 0.900. The summed E-state index contributed by atoms with van der Waals surface area (Å²) in [5.41, 5.74) is 0. The fourth-order valence-corrected chi connectivity index (χ4v) is 8.93. The number of phosphoric acid groups is 1. The van der Waals surface area contributed by atoms with Crippen molar-refractivity contribution in [3.05, 3.63) is 12.2 Å². The van der Waals surface area contributed by atoms with Crippen molar-refractivity contribution >= 4 is 25.5 Å². The van der Waals surface area contributed by atoms with Gasteiger partial charge in [-0.3, -0.25) is 23.4 Å². The van der Waals surface area contributed by atoms with E-state index >= 15 is 0 Å². The molecule has 0 bridgehead atoms. The average Bonchev–Trinajstić information content (AvgIpc) is 3.50. The van der Waals surface area contributed by atoms with Gasteiger partial charge in [0.25, 0.3) is 0 Å². The zero-order valence-electron chi connectivity index (χ0n) is 41.1. The number of aliphatic hydroxyl groups excluding tert-OH is 3. The van der Waals surface area contributed by atoms with Crippen molar-refractivity contribution in [3.8, 4) is 0 Å². The van der Waals surface area contributed by atoms with Crippen LogP contribution in [0.1, 0.15) is 206 Å². The lowest BCUT2D eigenvalue weighted by molar-refractivity contribution is -0.870. The van der Waals surface area contributed by atoms with Crippen molar-refractivity contribution in [2.24, 2.45) is 11.8 Å².